The van der Waals surface area contributed by atoms with Gasteiger partial charge in [-0.05, 0) is 55.3 Å². The fourth-order valence-electron chi connectivity index (χ4n) is 5.93. The van der Waals surface area contributed by atoms with Crippen molar-refractivity contribution < 1.29 is 19.4 Å². The minimum absolute atomic E-state index is 0.178. The van der Waals surface area contributed by atoms with Gasteiger partial charge in [-0.15, -0.1) is 0 Å². The number of carbonyl (C=O) groups excluding carboxylic acids is 1. The molecule has 0 saturated heterocycles. The normalized spacial score (nSPS) is 50.5. The van der Waals surface area contributed by atoms with Crippen LogP contribution in [0.15, 0.2) is 12.2 Å². The minimum atomic E-state index is -0.805. The molecule has 0 aromatic heterocycles. The molecule has 20 heavy (non-hydrogen) atoms. The second-order valence-corrected chi connectivity index (χ2v) is 6.81. The second kappa shape index (κ2) is 4.09. The molecule has 8 atom stereocenters. The summed E-state index contributed by atoms with van der Waals surface area (Å²) in [5.41, 5.74) is 0. The first kappa shape index (κ1) is 12.4. The number of ether oxygens (including phenoxy) is 1. The van der Waals surface area contributed by atoms with Gasteiger partial charge in [0, 0.05) is 0 Å². The molecule has 1 N–H and O–H groups in total. The zero-order valence-corrected chi connectivity index (χ0v) is 11.6. The first-order valence-electron chi connectivity index (χ1n) is 7.71. The van der Waals surface area contributed by atoms with Crippen LogP contribution in [0.4, 0.5) is 0 Å². The zero-order valence-electron chi connectivity index (χ0n) is 11.6. The van der Waals surface area contributed by atoms with Crippen LogP contribution in [-0.2, 0) is 14.3 Å². The molecule has 3 saturated carbocycles. The molecule has 0 amide bonds. The molecule has 0 radical (unpaired) electrons. The molecule has 0 spiro atoms. The lowest BCUT2D eigenvalue weighted by molar-refractivity contribution is -0.162. The number of hydrogen-bond acceptors (Lipinski definition) is 3. The van der Waals surface area contributed by atoms with E-state index in [0.29, 0.717) is 30.3 Å². The van der Waals surface area contributed by atoms with E-state index >= 15 is 0 Å². The number of carboxylic acid groups (broad SMARTS) is 1. The molecular weight excluding hydrogens is 256 g/mol. The van der Waals surface area contributed by atoms with Crippen LogP contribution >= 0.6 is 0 Å². The fraction of sp³-hybridized carbons (Fsp3) is 0.750. The Kier molecular flexibility index (Phi) is 2.54. The Morgan fingerprint density at radius 2 is 1.70 bits per heavy atom. The Bertz CT molecular complexity index is 497. The average molecular weight is 276 g/mol. The molecule has 4 nitrogen and oxygen atoms in total. The molecule has 4 aliphatic rings. The number of carboxylic acids is 1. The number of carbonyl (C=O) groups is 2. The van der Waals surface area contributed by atoms with E-state index in [4.69, 9.17) is 4.74 Å². The van der Waals surface area contributed by atoms with Crippen LogP contribution in [0.1, 0.15) is 19.8 Å². The van der Waals surface area contributed by atoms with Gasteiger partial charge in [-0.3, -0.25) is 9.59 Å². The number of fused-ring (bicyclic) bond motifs is 9. The van der Waals surface area contributed by atoms with E-state index in [-0.39, 0.29) is 17.8 Å². The monoisotopic (exact) mass is 276 g/mol. The van der Waals surface area contributed by atoms with Crippen molar-refractivity contribution in [1.29, 1.82) is 0 Å². The summed E-state index contributed by atoms with van der Waals surface area (Å²) in [6.45, 7) is 2.11. The number of allylic oxidation sites excluding steroid dienone is 2. The SMILES string of the molecule is CCOC(=O)C1C2CC(C1C(=O)O)C1C3C=CC(C3)C21. The van der Waals surface area contributed by atoms with Gasteiger partial charge in [-0.2, -0.15) is 0 Å². The largest absolute Gasteiger partial charge is 0.481 e. The predicted octanol–water partition coefficient (Wildman–Crippen LogP) is 1.95. The third-order valence-electron chi connectivity index (χ3n) is 6.27. The molecule has 0 aromatic rings. The van der Waals surface area contributed by atoms with E-state index in [2.05, 4.69) is 12.2 Å². The lowest BCUT2D eigenvalue weighted by atomic mass is 9.65. The van der Waals surface area contributed by atoms with Gasteiger partial charge >= 0.3 is 11.9 Å². The van der Waals surface area contributed by atoms with Crippen LogP contribution in [0.25, 0.3) is 0 Å². The van der Waals surface area contributed by atoms with Gasteiger partial charge in [0.05, 0.1) is 18.4 Å². The summed E-state index contributed by atoms with van der Waals surface area (Å²) in [5, 5.41) is 9.59. The quantitative estimate of drug-likeness (QED) is 0.486. The van der Waals surface area contributed by atoms with Crippen molar-refractivity contribution in [3.05, 3.63) is 12.2 Å². The number of rotatable bonds is 3. The summed E-state index contributed by atoms with van der Waals surface area (Å²) in [5.74, 6) is 0.554. The van der Waals surface area contributed by atoms with E-state index in [9.17, 15) is 14.7 Å². The van der Waals surface area contributed by atoms with Crippen molar-refractivity contribution in [1.82, 2.24) is 0 Å². The zero-order chi connectivity index (χ0) is 14.0. The molecule has 3 fully saturated rings. The van der Waals surface area contributed by atoms with Crippen molar-refractivity contribution in [2.75, 3.05) is 6.61 Å². The summed E-state index contributed by atoms with van der Waals surface area (Å²) >= 11 is 0. The highest BCUT2D eigenvalue weighted by molar-refractivity contribution is 5.83. The van der Waals surface area contributed by atoms with Gasteiger partial charge < -0.3 is 9.84 Å². The van der Waals surface area contributed by atoms with Crippen molar-refractivity contribution in [3.8, 4) is 0 Å². The molecule has 0 heterocycles. The molecule has 4 heteroatoms. The third-order valence-corrected chi connectivity index (χ3v) is 6.27. The molecule has 0 aromatic carbocycles. The van der Waals surface area contributed by atoms with Crippen molar-refractivity contribution in [2.24, 2.45) is 47.3 Å². The first-order valence-corrected chi connectivity index (χ1v) is 7.71. The molecule has 4 bridgehead atoms. The molecule has 4 aliphatic carbocycles. The molecular formula is C16H20O4. The summed E-state index contributed by atoms with van der Waals surface area (Å²) in [4.78, 5) is 23.9. The number of aliphatic carboxylic acids is 1. The minimum Gasteiger partial charge on any atom is -0.481 e. The van der Waals surface area contributed by atoms with Gasteiger partial charge in [-0.1, -0.05) is 12.2 Å². The molecule has 0 aliphatic heterocycles. The van der Waals surface area contributed by atoms with E-state index < -0.39 is 17.8 Å². The molecule has 8 unspecified atom stereocenters. The van der Waals surface area contributed by atoms with E-state index in [0.717, 1.165) is 6.42 Å². The number of hydrogen-bond donors (Lipinski definition) is 1. The van der Waals surface area contributed by atoms with Crippen molar-refractivity contribution >= 4 is 11.9 Å². The van der Waals surface area contributed by atoms with E-state index in [1.54, 1.807) is 6.92 Å². The van der Waals surface area contributed by atoms with Crippen LogP contribution in [0, 0.1) is 47.3 Å². The van der Waals surface area contributed by atoms with Gasteiger partial charge in [0.15, 0.2) is 0 Å². The fourth-order valence-corrected chi connectivity index (χ4v) is 5.93. The topological polar surface area (TPSA) is 63.6 Å². The second-order valence-electron chi connectivity index (χ2n) is 6.81. The Hall–Kier alpha value is -1.32. The van der Waals surface area contributed by atoms with Gasteiger partial charge in [-0.25, -0.2) is 0 Å². The molecule has 108 valence electrons. The smallest absolute Gasteiger partial charge is 0.310 e. The third kappa shape index (κ3) is 1.37. The highest BCUT2D eigenvalue weighted by Crippen LogP contribution is 2.68. The lowest BCUT2D eigenvalue weighted by Gasteiger charge is -2.39. The maximum atomic E-state index is 12.2. The van der Waals surface area contributed by atoms with E-state index in [1.807, 2.05) is 0 Å². The standard InChI is InChI=1S/C16H20O4/c1-2-20-16(19)14-10-6-9(13(14)15(17)18)11-7-3-4-8(5-7)12(10)11/h3-4,7-14H,2,5-6H2,1H3,(H,17,18). The Morgan fingerprint density at radius 1 is 1.10 bits per heavy atom. The summed E-state index contributed by atoms with van der Waals surface area (Å²) in [6.07, 6.45) is 6.66. The Labute approximate surface area is 118 Å². The maximum Gasteiger partial charge on any atom is 0.310 e. The maximum absolute atomic E-state index is 12.2. The van der Waals surface area contributed by atoms with Crippen LogP contribution in [0.3, 0.4) is 0 Å². The average Bonchev–Trinajstić information content (AvgIpc) is 3.15. The highest BCUT2D eigenvalue weighted by Gasteiger charge is 2.68. The van der Waals surface area contributed by atoms with Gasteiger partial charge in [0.25, 0.3) is 0 Å². The van der Waals surface area contributed by atoms with Gasteiger partial charge in [0.2, 0.25) is 0 Å². The first-order chi connectivity index (χ1) is 9.63. The van der Waals surface area contributed by atoms with Crippen molar-refractivity contribution in [3.63, 3.8) is 0 Å². The lowest BCUT2D eigenvalue weighted by Crippen LogP contribution is -2.44. The van der Waals surface area contributed by atoms with Crippen LogP contribution < -0.4 is 0 Å². The van der Waals surface area contributed by atoms with Crippen LogP contribution in [0.2, 0.25) is 0 Å². The van der Waals surface area contributed by atoms with E-state index in [1.165, 1.54) is 6.42 Å². The summed E-state index contributed by atoms with van der Waals surface area (Å²) < 4.78 is 5.17. The van der Waals surface area contributed by atoms with Crippen molar-refractivity contribution in [2.45, 2.75) is 19.8 Å². The highest BCUT2D eigenvalue weighted by atomic mass is 16.5. The van der Waals surface area contributed by atoms with Crippen LogP contribution in [-0.4, -0.2) is 23.7 Å². The Balaban J connectivity index is 1.69. The molecule has 4 rings (SSSR count). The number of esters is 1. The predicted molar refractivity (Wildman–Crippen MR) is 70.6 cm³/mol. The summed E-state index contributed by atoms with van der Waals surface area (Å²) in [7, 11) is 0. The Morgan fingerprint density at radius 3 is 2.25 bits per heavy atom. The summed E-state index contributed by atoms with van der Waals surface area (Å²) in [6, 6.07) is 0. The van der Waals surface area contributed by atoms with Gasteiger partial charge in [0.1, 0.15) is 0 Å². The van der Waals surface area contributed by atoms with Crippen LogP contribution in [0.5, 0.6) is 0 Å².